The molecule has 0 heterocycles. The van der Waals surface area contributed by atoms with Crippen molar-refractivity contribution in [2.45, 2.75) is 12.8 Å². The van der Waals surface area contributed by atoms with Crippen LogP contribution in [0.15, 0.2) is 0 Å². The van der Waals surface area contributed by atoms with Gasteiger partial charge in [-0.05, 0) is 12.8 Å². The van der Waals surface area contributed by atoms with Crippen LogP contribution in [0.25, 0.3) is 0 Å². The minimum absolute atomic E-state index is 0.0192. The molecule has 0 bridgehead atoms. The average molecular weight is 306 g/mol. The third-order valence-corrected chi connectivity index (χ3v) is 2.76. The Morgan fingerprint density at radius 2 is 1.24 bits per heavy atom. The Balaban J connectivity index is 4.01. The molecule has 11 nitrogen and oxygen atoms in total. The smallest absolute Gasteiger partial charge is 0.227 e. The van der Waals surface area contributed by atoms with E-state index in [0.717, 1.165) is 0 Å². The van der Waals surface area contributed by atoms with E-state index in [1.165, 1.54) is 0 Å². The molecule has 2 atom stereocenters. The lowest BCUT2D eigenvalue weighted by molar-refractivity contribution is -0.486. The van der Waals surface area contributed by atoms with E-state index in [0.29, 0.717) is 0 Å². The minimum atomic E-state index is -0.939. The zero-order valence-corrected chi connectivity index (χ0v) is 11.3. The van der Waals surface area contributed by atoms with E-state index in [1.807, 2.05) is 0 Å². The van der Waals surface area contributed by atoms with Gasteiger partial charge < -0.3 is 16.2 Å². The van der Waals surface area contributed by atoms with Crippen molar-refractivity contribution in [3.8, 4) is 0 Å². The molecule has 0 radical (unpaired) electrons. The number of nitro groups is 2. The van der Waals surface area contributed by atoms with Crippen LogP contribution < -0.4 is 11.5 Å². The number of hydrogen-bond acceptors (Lipinski definition) is 7. The molecule has 0 aliphatic rings. The summed E-state index contributed by atoms with van der Waals surface area (Å²) in [6.45, 7) is -1.12. The van der Waals surface area contributed by atoms with Crippen LogP contribution in [-0.4, -0.2) is 48.0 Å². The summed E-state index contributed by atoms with van der Waals surface area (Å²) in [5, 5.41) is 20.6. The quantitative estimate of drug-likeness (QED) is 0.251. The van der Waals surface area contributed by atoms with Crippen molar-refractivity contribution >= 4 is 11.8 Å². The maximum absolute atomic E-state index is 10.9. The van der Waals surface area contributed by atoms with Crippen LogP contribution in [0.1, 0.15) is 12.8 Å². The summed E-state index contributed by atoms with van der Waals surface area (Å²) in [6, 6.07) is 0. The van der Waals surface area contributed by atoms with Crippen molar-refractivity contribution in [3.63, 3.8) is 0 Å². The second-order valence-corrected chi connectivity index (χ2v) is 4.42. The van der Waals surface area contributed by atoms with Gasteiger partial charge in [-0.3, -0.25) is 29.8 Å². The van der Waals surface area contributed by atoms with E-state index in [-0.39, 0.29) is 26.1 Å². The predicted molar refractivity (Wildman–Crippen MR) is 69.1 cm³/mol. The summed E-state index contributed by atoms with van der Waals surface area (Å²) < 4.78 is 5.10. The molecule has 0 fully saturated rings. The highest BCUT2D eigenvalue weighted by Gasteiger charge is 2.23. The maximum Gasteiger partial charge on any atom is 0.227 e. The fourth-order valence-corrected chi connectivity index (χ4v) is 1.56. The topological polar surface area (TPSA) is 182 Å². The van der Waals surface area contributed by atoms with Crippen molar-refractivity contribution in [1.82, 2.24) is 0 Å². The maximum atomic E-state index is 10.9. The first-order valence-corrected chi connectivity index (χ1v) is 6.14. The van der Waals surface area contributed by atoms with Gasteiger partial charge in [0.1, 0.15) is 11.8 Å². The molecule has 0 saturated carbocycles. The molecule has 0 rings (SSSR count). The molecule has 2 amide bonds. The van der Waals surface area contributed by atoms with Crippen LogP contribution in [0.2, 0.25) is 0 Å². The average Bonchev–Trinajstić information content (AvgIpc) is 2.34. The molecular formula is C10H18N4O7. The van der Waals surface area contributed by atoms with Crippen LogP contribution in [0.3, 0.4) is 0 Å². The van der Waals surface area contributed by atoms with Crippen LogP contribution >= 0.6 is 0 Å². The molecule has 0 aliphatic carbocycles. The van der Waals surface area contributed by atoms with Crippen molar-refractivity contribution in [2.75, 3.05) is 26.3 Å². The first kappa shape index (κ1) is 18.7. The monoisotopic (exact) mass is 306 g/mol. The normalized spacial score (nSPS) is 13.3. The van der Waals surface area contributed by atoms with Gasteiger partial charge in [0, 0.05) is 23.1 Å². The number of amides is 2. The number of nitrogens with zero attached hydrogens (tertiary/aromatic N) is 2. The summed E-state index contributed by atoms with van der Waals surface area (Å²) in [7, 11) is 0. The van der Waals surface area contributed by atoms with E-state index in [2.05, 4.69) is 0 Å². The number of carbonyl (C=O) groups excluding carboxylic acids is 2. The second kappa shape index (κ2) is 9.58. The van der Waals surface area contributed by atoms with Gasteiger partial charge in [0.05, 0.1) is 0 Å². The van der Waals surface area contributed by atoms with Gasteiger partial charge in [0.2, 0.25) is 24.9 Å². The summed E-state index contributed by atoms with van der Waals surface area (Å²) in [6.07, 6.45) is 0.125. The Morgan fingerprint density at radius 3 is 1.48 bits per heavy atom. The molecule has 0 aromatic heterocycles. The van der Waals surface area contributed by atoms with Crippen molar-refractivity contribution < 1.29 is 24.2 Å². The molecule has 4 N–H and O–H groups in total. The van der Waals surface area contributed by atoms with Crippen LogP contribution in [0.5, 0.6) is 0 Å². The summed E-state index contributed by atoms with van der Waals surface area (Å²) >= 11 is 0. The Labute approximate surface area is 119 Å². The Morgan fingerprint density at radius 1 is 0.905 bits per heavy atom. The fraction of sp³-hybridized carbons (Fsp3) is 0.800. The highest BCUT2D eigenvalue weighted by Crippen LogP contribution is 2.06. The van der Waals surface area contributed by atoms with E-state index in [1.54, 1.807) is 0 Å². The van der Waals surface area contributed by atoms with E-state index in [9.17, 15) is 29.8 Å². The van der Waals surface area contributed by atoms with Gasteiger partial charge >= 0.3 is 0 Å². The zero-order chi connectivity index (χ0) is 16.4. The lowest BCUT2D eigenvalue weighted by atomic mass is 10.1. The van der Waals surface area contributed by atoms with Crippen molar-refractivity contribution in [1.29, 1.82) is 0 Å². The molecule has 0 spiro atoms. The number of hydrogen-bond donors (Lipinski definition) is 2. The van der Waals surface area contributed by atoms with Gasteiger partial charge in [-0.1, -0.05) is 0 Å². The summed E-state index contributed by atoms with van der Waals surface area (Å²) in [5.41, 5.74) is 10.0. The fourth-order valence-electron chi connectivity index (χ4n) is 1.56. The third-order valence-electron chi connectivity index (χ3n) is 2.76. The first-order chi connectivity index (χ1) is 9.73. The summed E-state index contributed by atoms with van der Waals surface area (Å²) in [4.78, 5) is 41.2. The van der Waals surface area contributed by atoms with Crippen LogP contribution in [0.4, 0.5) is 0 Å². The van der Waals surface area contributed by atoms with Gasteiger partial charge in [-0.2, -0.15) is 0 Å². The van der Waals surface area contributed by atoms with Gasteiger partial charge in [0.25, 0.3) is 0 Å². The molecular weight excluding hydrogens is 288 g/mol. The van der Waals surface area contributed by atoms with Gasteiger partial charge in [-0.25, -0.2) is 0 Å². The van der Waals surface area contributed by atoms with Crippen LogP contribution in [0, 0.1) is 32.1 Å². The van der Waals surface area contributed by atoms with Crippen LogP contribution in [-0.2, 0) is 14.3 Å². The Kier molecular flexibility index (Phi) is 8.53. The lowest BCUT2D eigenvalue weighted by Crippen LogP contribution is -2.31. The first-order valence-electron chi connectivity index (χ1n) is 6.14. The number of nitrogens with two attached hydrogens (primary N) is 2. The predicted octanol–water partition coefficient (Wildman–Crippen LogP) is -1.46. The highest BCUT2D eigenvalue weighted by atomic mass is 16.6. The van der Waals surface area contributed by atoms with Gasteiger partial charge in [0.15, 0.2) is 0 Å². The molecule has 120 valence electrons. The lowest BCUT2D eigenvalue weighted by Gasteiger charge is -2.11. The van der Waals surface area contributed by atoms with E-state index in [4.69, 9.17) is 16.2 Å². The molecule has 0 saturated heterocycles. The number of rotatable bonds is 12. The number of primary amides is 2. The molecule has 21 heavy (non-hydrogen) atoms. The van der Waals surface area contributed by atoms with Gasteiger partial charge in [-0.15, -0.1) is 0 Å². The molecule has 2 unspecified atom stereocenters. The Bertz CT molecular complexity index is 365. The zero-order valence-electron chi connectivity index (χ0n) is 11.3. The SMILES string of the molecule is NC(=O)C(CCOCCC(C[N+](=O)[O-])C(N)=O)C[N+](=O)[O-]. The summed E-state index contributed by atoms with van der Waals surface area (Å²) in [5.74, 6) is -3.46. The standard InChI is InChI=1S/C10H18N4O7/c11-9(15)7(5-13(17)18)1-3-21-4-2-8(10(12)16)6-14(19)20/h7-8H,1-6H2,(H2,11,15)(H2,12,16). The van der Waals surface area contributed by atoms with E-state index < -0.39 is 46.6 Å². The Hall–Kier alpha value is -2.30. The molecule has 0 aromatic carbocycles. The second-order valence-electron chi connectivity index (χ2n) is 4.42. The molecule has 11 heteroatoms. The van der Waals surface area contributed by atoms with Crippen molar-refractivity contribution in [2.24, 2.45) is 23.3 Å². The highest BCUT2D eigenvalue weighted by molar-refractivity contribution is 5.77. The third kappa shape index (κ3) is 9.27. The number of ether oxygens (including phenoxy) is 1. The minimum Gasteiger partial charge on any atom is -0.381 e. The largest absolute Gasteiger partial charge is 0.381 e. The van der Waals surface area contributed by atoms with Crippen molar-refractivity contribution in [3.05, 3.63) is 20.2 Å². The van der Waals surface area contributed by atoms with E-state index >= 15 is 0 Å². The molecule has 0 aliphatic heterocycles. The number of carbonyl (C=O) groups is 2. The molecule has 0 aromatic rings.